The van der Waals surface area contributed by atoms with Crippen LogP contribution in [-0.2, 0) is 22.4 Å². The molecule has 1 aromatic heterocycles. The minimum absolute atomic E-state index is 0.341. The zero-order valence-corrected chi connectivity index (χ0v) is 17.9. The van der Waals surface area contributed by atoms with Gasteiger partial charge in [-0.1, -0.05) is 55.5 Å². The second-order valence-electron chi connectivity index (χ2n) is 8.46. The summed E-state index contributed by atoms with van der Waals surface area (Å²) in [5.41, 5.74) is 3.94. The molecule has 1 amide bonds. The van der Waals surface area contributed by atoms with E-state index in [1.165, 1.54) is 0 Å². The zero-order chi connectivity index (χ0) is 22.1. The number of carbonyl (C=O) groups excluding carboxylic acids is 2. The zero-order valence-electron chi connectivity index (χ0n) is 17.9. The van der Waals surface area contributed by atoms with Gasteiger partial charge in [0.25, 0.3) is 5.91 Å². The summed E-state index contributed by atoms with van der Waals surface area (Å²) < 4.78 is 5.48. The van der Waals surface area contributed by atoms with E-state index < -0.39 is 5.97 Å². The minimum Gasteiger partial charge on any atom is -0.452 e. The number of aryl methyl sites for hydroxylation is 1. The number of nitrogens with one attached hydrogen (secondary N) is 1. The lowest BCUT2D eigenvalue weighted by Crippen LogP contribution is -2.23. The van der Waals surface area contributed by atoms with Gasteiger partial charge in [-0.2, -0.15) is 0 Å². The summed E-state index contributed by atoms with van der Waals surface area (Å²) in [7, 11) is 0. The number of esters is 1. The summed E-state index contributed by atoms with van der Waals surface area (Å²) in [6, 6.07) is 21.3. The van der Waals surface area contributed by atoms with E-state index in [0.29, 0.717) is 17.2 Å². The van der Waals surface area contributed by atoms with Crippen molar-refractivity contribution in [3.63, 3.8) is 0 Å². The SMILES string of the molecule is CC1CCc2nc3ccccc3c(C(=O)OCC(=O)Nc3ccc4ccccc4c3)c2C1. The first-order chi connectivity index (χ1) is 15.6. The van der Waals surface area contributed by atoms with E-state index in [0.717, 1.165) is 52.2 Å². The van der Waals surface area contributed by atoms with E-state index in [9.17, 15) is 9.59 Å². The first-order valence-electron chi connectivity index (χ1n) is 10.9. The topological polar surface area (TPSA) is 68.3 Å². The minimum atomic E-state index is -0.470. The molecule has 5 nitrogen and oxygen atoms in total. The molecule has 32 heavy (non-hydrogen) atoms. The molecule has 1 atom stereocenters. The number of hydrogen-bond donors (Lipinski definition) is 1. The number of benzene rings is 3. The van der Waals surface area contributed by atoms with Gasteiger partial charge in [-0.25, -0.2) is 4.79 Å². The maximum absolute atomic E-state index is 13.1. The molecule has 1 heterocycles. The van der Waals surface area contributed by atoms with Gasteiger partial charge in [0.2, 0.25) is 0 Å². The molecule has 0 saturated heterocycles. The standard InChI is InChI=1S/C27H24N2O3/c1-17-10-13-24-22(14-17)26(21-8-4-5-9-23(21)29-24)27(31)32-16-25(30)28-20-12-11-18-6-2-3-7-19(18)15-20/h2-9,11-12,15,17H,10,13-14,16H2,1H3,(H,28,30). The summed E-state index contributed by atoms with van der Waals surface area (Å²) in [6.07, 6.45) is 2.70. The molecule has 1 N–H and O–H groups in total. The summed E-state index contributed by atoms with van der Waals surface area (Å²) in [4.78, 5) is 30.4. The molecule has 1 aliphatic carbocycles. The molecule has 0 spiro atoms. The average molecular weight is 425 g/mol. The highest BCUT2D eigenvalue weighted by atomic mass is 16.5. The fourth-order valence-electron chi connectivity index (χ4n) is 4.46. The normalized spacial score (nSPS) is 15.3. The van der Waals surface area contributed by atoms with Crippen molar-refractivity contribution in [1.29, 1.82) is 0 Å². The number of pyridine rings is 1. The van der Waals surface area contributed by atoms with Gasteiger partial charge in [0.1, 0.15) is 0 Å². The number of amides is 1. The Morgan fingerprint density at radius 3 is 2.69 bits per heavy atom. The summed E-state index contributed by atoms with van der Waals surface area (Å²) in [5.74, 6) is -0.356. The lowest BCUT2D eigenvalue weighted by molar-refractivity contribution is -0.119. The van der Waals surface area contributed by atoms with Crippen LogP contribution in [0.3, 0.4) is 0 Å². The van der Waals surface area contributed by atoms with Gasteiger partial charge in [-0.3, -0.25) is 9.78 Å². The van der Waals surface area contributed by atoms with Crippen LogP contribution in [0.2, 0.25) is 0 Å². The van der Waals surface area contributed by atoms with E-state index in [-0.39, 0.29) is 12.5 Å². The summed E-state index contributed by atoms with van der Waals surface area (Å²) in [5, 5.41) is 5.73. The average Bonchev–Trinajstić information content (AvgIpc) is 2.81. The van der Waals surface area contributed by atoms with Crippen LogP contribution < -0.4 is 5.32 Å². The molecule has 3 aromatic carbocycles. The van der Waals surface area contributed by atoms with Crippen molar-refractivity contribution in [3.05, 3.63) is 83.6 Å². The number of ether oxygens (including phenoxy) is 1. The number of anilines is 1. The Bertz CT molecular complexity index is 1350. The Morgan fingerprint density at radius 2 is 1.81 bits per heavy atom. The van der Waals surface area contributed by atoms with Gasteiger partial charge < -0.3 is 10.1 Å². The lowest BCUT2D eigenvalue weighted by atomic mass is 9.84. The van der Waals surface area contributed by atoms with Gasteiger partial charge in [0.05, 0.1) is 11.1 Å². The van der Waals surface area contributed by atoms with Crippen LogP contribution in [0.1, 0.15) is 35.0 Å². The van der Waals surface area contributed by atoms with Crippen molar-refractivity contribution in [3.8, 4) is 0 Å². The monoisotopic (exact) mass is 424 g/mol. The largest absolute Gasteiger partial charge is 0.452 e. The second kappa shape index (κ2) is 8.42. The fourth-order valence-corrected chi connectivity index (χ4v) is 4.46. The molecule has 0 fully saturated rings. The van der Waals surface area contributed by atoms with Crippen LogP contribution in [0.5, 0.6) is 0 Å². The third kappa shape index (κ3) is 3.94. The Hall–Kier alpha value is -3.73. The van der Waals surface area contributed by atoms with Crippen molar-refractivity contribution in [2.24, 2.45) is 5.92 Å². The number of nitrogens with zero attached hydrogens (tertiary/aromatic N) is 1. The van der Waals surface area contributed by atoms with Crippen LogP contribution in [0.15, 0.2) is 66.7 Å². The van der Waals surface area contributed by atoms with Crippen LogP contribution in [-0.4, -0.2) is 23.5 Å². The van der Waals surface area contributed by atoms with Gasteiger partial charge in [0, 0.05) is 16.8 Å². The van der Waals surface area contributed by atoms with Crippen LogP contribution in [0, 0.1) is 5.92 Å². The fraction of sp³-hybridized carbons (Fsp3) is 0.222. The van der Waals surface area contributed by atoms with Crippen molar-refractivity contribution >= 4 is 39.2 Å². The predicted octanol–water partition coefficient (Wildman–Crippen LogP) is 5.31. The number of aromatic nitrogens is 1. The molecule has 4 aromatic rings. The number of fused-ring (bicyclic) bond motifs is 3. The molecule has 5 heteroatoms. The van der Waals surface area contributed by atoms with Gasteiger partial charge in [-0.05, 0) is 59.7 Å². The maximum Gasteiger partial charge on any atom is 0.339 e. The highest BCUT2D eigenvalue weighted by Crippen LogP contribution is 2.32. The van der Waals surface area contributed by atoms with Crippen LogP contribution >= 0.6 is 0 Å². The lowest BCUT2D eigenvalue weighted by Gasteiger charge is -2.24. The molecule has 160 valence electrons. The molecular weight excluding hydrogens is 400 g/mol. The maximum atomic E-state index is 13.1. The Labute approximate surface area is 186 Å². The Kier molecular flexibility index (Phi) is 5.31. The quantitative estimate of drug-likeness (QED) is 0.451. The highest BCUT2D eigenvalue weighted by molar-refractivity contribution is 6.06. The van der Waals surface area contributed by atoms with Crippen LogP contribution in [0.4, 0.5) is 5.69 Å². The number of hydrogen-bond acceptors (Lipinski definition) is 4. The third-order valence-electron chi connectivity index (χ3n) is 6.08. The van der Waals surface area contributed by atoms with E-state index >= 15 is 0 Å². The van der Waals surface area contributed by atoms with Crippen molar-refractivity contribution in [1.82, 2.24) is 4.98 Å². The smallest absolute Gasteiger partial charge is 0.339 e. The van der Waals surface area contributed by atoms with Gasteiger partial charge in [0.15, 0.2) is 6.61 Å². The van der Waals surface area contributed by atoms with E-state index in [2.05, 4.69) is 12.2 Å². The van der Waals surface area contributed by atoms with Crippen molar-refractivity contribution < 1.29 is 14.3 Å². The Balaban J connectivity index is 1.35. The van der Waals surface area contributed by atoms with E-state index in [1.54, 1.807) is 0 Å². The third-order valence-corrected chi connectivity index (χ3v) is 6.08. The number of rotatable bonds is 4. The second-order valence-corrected chi connectivity index (χ2v) is 8.46. The highest BCUT2D eigenvalue weighted by Gasteiger charge is 2.26. The first kappa shape index (κ1) is 20.2. The van der Waals surface area contributed by atoms with Crippen molar-refractivity contribution in [2.45, 2.75) is 26.2 Å². The molecule has 0 bridgehead atoms. The van der Waals surface area contributed by atoms with Gasteiger partial charge in [-0.15, -0.1) is 0 Å². The van der Waals surface area contributed by atoms with E-state index in [1.807, 2.05) is 66.7 Å². The van der Waals surface area contributed by atoms with Crippen molar-refractivity contribution in [2.75, 3.05) is 11.9 Å². The predicted molar refractivity (Wildman–Crippen MR) is 126 cm³/mol. The number of carbonyl (C=O) groups is 2. The molecule has 1 unspecified atom stereocenters. The molecule has 0 saturated carbocycles. The first-order valence-corrected chi connectivity index (χ1v) is 10.9. The molecular formula is C27H24N2O3. The molecule has 0 aliphatic heterocycles. The Morgan fingerprint density at radius 1 is 1.03 bits per heavy atom. The van der Waals surface area contributed by atoms with E-state index in [4.69, 9.17) is 9.72 Å². The molecule has 0 radical (unpaired) electrons. The van der Waals surface area contributed by atoms with Gasteiger partial charge >= 0.3 is 5.97 Å². The van der Waals surface area contributed by atoms with Crippen LogP contribution in [0.25, 0.3) is 21.7 Å². The summed E-state index contributed by atoms with van der Waals surface area (Å²) >= 11 is 0. The number of para-hydroxylation sites is 1. The molecule has 5 rings (SSSR count). The summed E-state index contributed by atoms with van der Waals surface area (Å²) in [6.45, 7) is 1.84. The molecule has 1 aliphatic rings.